The monoisotopic (exact) mass is 327 g/mol. The molecule has 2 rings (SSSR count). The van der Waals surface area contributed by atoms with Crippen LogP contribution >= 0.6 is 0 Å². The minimum Gasteiger partial charge on any atom is -0.497 e. The quantitative estimate of drug-likeness (QED) is 0.809. The van der Waals surface area contributed by atoms with Gasteiger partial charge in [-0.25, -0.2) is 0 Å². The van der Waals surface area contributed by atoms with E-state index in [0.29, 0.717) is 13.0 Å². The summed E-state index contributed by atoms with van der Waals surface area (Å²) in [6.07, 6.45) is 2.05. The van der Waals surface area contributed by atoms with Crippen molar-refractivity contribution in [2.45, 2.75) is 26.2 Å². The lowest BCUT2D eigenvalue weighted by atomic mass is 10.1. The minimum absolute atomic E-state index is 0.0805. The van der Waals surface area contributed by atoms with Gasteiger partial charge in [0.05, 0.1) is 14.2 Å². The Balaban J connectivity index is 1.72. The molecule has 0 aliphatic carbocycles. The van der Waals surface area contributed by atoms with Crippen molar-refractivity contribution in [3.8, 4) is 11.5 Å². The molecule has 0 heterocycles. The van der Waals surface area contributed by atoms with Crippen molar-refractivity contribution < 1.29 is 14.3 Å². The van der Waals surface area contributed by atoms with Gasteiger partial charge >= 0.3 is 0 Å². The van der Waals surface area contributed by atoms with Gasteiger partial charge < -0.3 is 14.8 Å². The van der Waals surface area contributed by atoms with Gasteiger partial charge in [0, 0.05) is 13.0 Å². The first-order valence-electron chi connectivity index (χ1n) is 8.15. The minimum atomic E-state index is 0.0805. The van der Waals surface area contributed by atoms with Crippen molar-refractivity contribution in [2.24, 2.45) is 0 Å². The van der Waals surface area contributed by atoms with Gasteiger partial charge in [0.15, 0.2) is 0 Å². The van der Waals surface area contributed by atoms with E-state index in [9.17, 15) is 4.79 Å². The molecule has 4 nitrogen and oxygen atoms in total. The lowest BCUT2D eigenvalue weighted by Gasteiger charge is -2.08. The Bertz CT molecular complexity index is 665. The third kappa shape index (κ3) is 5.30. The fraction of sp³-hybridized carbons (Fsp3) is 0.350. The zero-order chi connectivity index (χ0) is 17.4. The first kappa shape index (κ1) is 17.9. The topological polar surface area (TPSA) is 47.6 Å². The average Bonchev–Trinajstić information content (AvgIpc) is 2.60. The van der Waals surface area contributed by atoms with Gasteiger partial charge in [0.1, 0.15) is 11.5 Å². The maximum atomic E-state index is 12.0. The molecule has 0 aromatic heterocycles. The molecule has 0 bridgehead atoms. The molecule has 0 aliphatic heterocycles. The smallest absolute Gasteiger partial charge is 0.220 e. The maximum absolute atomic E-state index is 12.0. The normalized spacial score (nSPS) is 10.3. The standard InChI is InChI=1S/C20H25NO3/c1-15-14-17(6-10-19(15)24-3)7-11-20(22)21-13-12-16-4-8-18(23-2)9-5-16/h4-6,8-10,14H,7,11-13H2,1-3H3,(H,21,22). The number of nitrogens with one attached hydrogen (secondary N) is 1. The highest BCUT2D eigenvalue weighted by molar-refractivity contribution is 5.76. The summed E-state index contributed by atoms with van der Waals surface area (Å²) < 4.78 is 10.4. The van der Waals surface area contributed by atoms with Crippen LogP contribution in [0.1, 0.15) is 23.1 Å². The van der Waals surface area contributed by atoms with Gasteiger partial charge in [0.2, 0.25) is 5.91 Å². The van der Waals surface area contributed by atoms with Crippen LogP contribution in [0.4, 0.5) is 0 Å². The lowest BCUT2D eigenvalue weighted by molar-refractivity contribution is -0.121. The van der Waals surface area contributed by atoms with Crippen LogP contribution in [-0.2, 0) is 17.6 Å². The molecule has 0 aliphatic rings. The number of hydrogen-bond acceptors (Lipinski definition) is 3. The predicted octanol–water partition coefficient (Wildman–Crippen LogP) is 3.30. The Labute approximate surface area is 143 Å². The highest BCUT2D eigenvalue weighted by atomic mass is 16.5. The summed E-state index contributed by atoms with van der Waals surface area (Å²) in [5, 5.41) is 2.97. The van der Waals surface area contributed by atoms with Crippen LogP contribution in [0.5, 0.6) is 11.5 Å². The highest BCUT2D eigenvalue weighted by Gasteiger charge is 2.04. The second-order valence-electron chi connectivity index (χ2n) is 5.75. The van der Waals surface area contributed by atoms with Crippen molar-refractivity contribution in [1.82, 2.24) is 5.32 Å². The summed E-state index contributed by atoms with van der Waals surface area (Å²) in [6.45, 7) is 2.66. The van der Waals surface area contributed by atoms with E-state index in [0.717, 1.165) is 35.5 Å². The third-order valence-corrected chi connectivity index (χ3v) is 3.99. The van der Waals surface area contributed by atoms with Gasteiger partial charge in [-0.3, -0.25) is 4.79 Å². The van der Waals surface area contributed by atoms with Crippen LogP contribution in [-0.4, -0.2) is 26.7 Å². The SMILES string of the molecule is COc1ccc(CCNC(=O)CCc2ccc(OC)c(C)c2)cc1. The van der Waals surface area contributed by atoms with Crippen LogP contribution < -0.4 is 14.8 Å². The number of ether oxygens (including phenoxy) is 2. The molecule has 0 radical (unpaired) electrons. The molecule has 0 atom stereocenters. The van der Waals surface area contributed by atoms with Gasteiger partial charge in [-0.2, -0.15) is 0 Å². The van der Waals surface area contributed by atoms with Crippen LogP contribution in [0.3, 0.4) is 0 Å². The van der Waals surface area contributed by atoms with E-state index in [1.807, 2.05) is 43.3 Å². The zero-order valence-electron chi connectivity index (χ0n) is 14.6. The molecular formula is C20H25NO3. The van der Waals surface area contributed by atoms with E-state index in [1.54, 1.807) is 14.2 Å². The first-order chi connectivity index (χ1) is 11.6. The van der Waals surface area contributed by atoms with Crippen LogP contribution in [0.15, 0.2) is 42.5 Å². The third-order valence-electron chi connectivity index (χ3n) is 3.99. The zero-order valence-corrected chi connectivity index (χ0v) is 14.6. The number of methoxy groups -OCH3 is 2. The Morgan fingerprint density at radius 1 is 0.958 bits per heavy atom. The fourth-order valence-corrected chi connectivity index (χ4v) is 2.58. The van der Waals surface area contributed by atoms with Crippen molar-refractivity contribution in [3.63, 3.8) is 0 Å². The first-order valence-corrected chi connectivity index (χ1v) is 8.15. The molecule has 0 spiro atoms. The van der Waals surface area contributed by atoms with E-state index in [1.165, 1.54) is 5.56 Å². The fourth-order valence-electron chi connectivity index (χ4n) is 2.58. The molecule has 128 valence electrons. The van der Waals surface area contributed by atoms with Crippen molar-refractivity contribution >= 4 is 5.91 Å². The molecule has 0 fully saturated rings. The molecule has 0 saturated carbocycles. The Kier molecular flexibility index (Phi) is 6.67. The summed E-state index contributed by atoms with van der Waals surface area (Å²) in [6, 6.07) is 13.9. The van der Waals surface area contributed by atoms with E-state index >= 15 is 0 Å². The number of amides is 1. The Morgan fingerprint density at radius 3 is 2.29 bits per heavy atom. The Hall–Kier alpha value is -2.49. The van der Waals surface area contributed by atoms with Gasteiger partial charge in [-0.05, 0) is 54.7 Å². The molecule has 4 heteroatoms. The molecule has 24 heavy (non-hydrogen) atoms. The average molecular weight is 327 g/mol. The molecule has 1 amide bonds. The van der Waals surface area contributed by atoms with Gasteiger partial charge in [-0.1, -0.05) is 24.3 Å². The van der Waals surface area contributed by atoms with Crippen molar-refractivity contribution in [3.05, 3.63) is 59.2 Å². The number of carbonyl (C=O) groups excluding carboxylic acids is 1. The second kappa shape index (κ2) is 8.96. The molecule has 0 saturated heterocycles. The number of hydrogen-bond donors (Lipinski definition) is 1. The summed E-state index contributed by atoms with van der Waals surface area (Å²) in [5.41, 5.74) is 3.43. The van der Waals surface area contributed by atoms with Gasteiger partial charge in [0.25, 0.3) is 0 Å². The molecule has 2 aromatic rings. The van der Waals surface area contributed by atoms with E-state index in [2.05, 4.69) is 11.4 Å². The van der Waals surface area contributed by atoms with E-state index in [-0.39, 0.29) is 5.91 Å². The number of aryl methyl sites for hydroxylation is 2. The maximum Gasteiger partial charge on any atom is 0.220 e. The van der Waals surface area contributed by atoms with Crippen LogP contribution in [0.25, 0.3) is 0 Å². The highest BCUT2D eigenvalue weighted by Crippen LogP contribution is 2.19. The number of benzene rings is 2. The second-order valence-corrected chi connectivity index (χ2v) is 5.75. The molecule has 0 unspecified atom stereocenters. The summed E-state index contributed by atoms with van der Waals surface area (Å²) in [5.74, 6) is 1.80. The van der Waals surface area contributed by atoms with Crippen molar-refractivity contribution in [2.75, 3.05) is 20.8 Å². The number of carbonyl (C=O) groups is 1. The van der Waals surface area contributed by atoms with E-state index < -0.39 is 0 Å². The predicted molar refractivity (Wildman–Crippen MR) is 95.8 cm³/mol. The molecular weight excluding hydrogens is 302 g/mol. The van der Waals surface area contributed by atoms with Gasteiger partial charge in [-0.15, -0.1) is 0 Å². The molecule has 1 N–H and O–H groups in total. The van der Waals surface area contributed by atoms with Crippen molar-refractivity contribution in [1.29, 1.82) is 0 Å². The number of rotatable bonds is 8. The van der Waals surface area contributed by atoms with Crippen LogP contribution in [0.2, 0.25) is 0 Å². The summed E-state index contributed by atoms with van der Waals surface area (Å²) >= 11 is 0. The summed E-state index contributed by atoms with van der Waals surface area (Å²) in [7, 11) is 3.32. The van der Waals surface area contributed by atoms with Crippen LogP contribution in [0, 0.1) is 6.92 Å². The van der Waals surface area contributed by atoms with E-state index in [4.69, 9.17) is 9.47 Å². The molecule has 2 aromatic carbocycles. The summed E-state index contributed by atoms with van der Waals surface area (Å²) in [4.78, 5) is 12.0. The Morgan fingerprint density at radius 2 is 1.67 bits per heavy atom. The largest absolute Gasteiger partial charge is 0.497 e. The lowest BCUT2D eigenvalue weighted by Crippen LogP contribution is -2.25.